The first kappa shape index (κ1) is 56.4. The van der Waals surface area contributed by atoms with E-state index in [9.17, 15) is 0 Å². The Morgan fingerprint density at radius 3 is 0.877 bits per heavy atom. The van der Waals surface area contributed by atoms with Crippen LogP contribution in [0.25, 0.3) is 0 Å². The number of aliphatic hydroxyl groups is 1. The lowest BCUT2D eigenvalue weighted by Crippen LogP contribution is -2.15. The van der Waals surface area contributed by atoms with Gasteiger partial charge in [-0.25, -0.2) is 0 Å². The Hall–Kier alpha value is -4.93. The zero-order chi connectivity index (χ0) is 42.2. The number of carbonyl (C=O) groups excluding carboxylic acids is 1. The van der Waals surface area contributed by atoms with Crippen LogP contribution < -0.4 is 0 Å². The van der Waals surface area contributed by atoms with Gasteiger partial charge >= 0.3 is 0 Å². The monoisotopic (exact) mass is 829 g/mol. The Kier molecular flexibility index (Phi) is 57.2. The summed E-state index contributed by atoms with van der Waals surface area (Å²) in [7, 11) is 1.00. The predicted octanol–water partition coefficient (Wildman–Crippen LogP) is 5.44. The van der Waals surface area contributed by atoms with Gasteiger partial charge in [0.05, 0.1) is 132 Å². The van der Waals surface area contributed by atoms with Gasteiger partial charge in [-0.1, -0.05) is 0 Å². The van der Waals surface area contributed by atoms with E-state index in [2.05, 4.69) is 101 Å². The van der Waals surface area contributed by atoms with Crippen molar-refractivity contribution in [1.82, 2.24) is 0 Å². The molecule has 0 saturated heterocycles. The third-order valence-corrected chi connectivity index (χ3v) is 5.06. The molecule has 0 atom stereocenters. The standard InChI is InChI=1S/C41H48O11.C2H4O.CH4O.18H2/c1-4-5-6-7-8-9-10-11-12-13-14-15-16-17-18-19-20-42-21-22-43-23-24-44-25-26-45-27-28-46-29-30-47-31-32-48-33-34-49-35-36-50-37-38-51-39-40-52-41(2)3;1-2-3;1-2;;;;;;;;;;;;;;;;;;/h1,41H,21-40H2,2-3H3;2H,1H3;2H,1H3;18*1H. The second kappa shape index (κ2) is 57.8. The quantitative estimate of drug-likeness (QED) is 0.0540. The van der Waals surface area contributed by atoms with Gasteiger partial charge in [0.1, 0.15) is 19.0 Å². The summed E-state index contributed by atoms with van der Waals surface area (Å²) in [5.74, 6) is 39.4. The molecule has 0 aromatic rings. The number of carbonyl (C=O) groups is 1. The minimum absolute atomic E-state index is 0. The molecule has 0 aliphatic carbocycles. The molecule has 1 N–H and O–H groups in total. The van der Waals surface area contributed by atoms with E-state index < -0.39 is 0 Å². The van der Waals surface area contributed by atoms with E-state index in [-0.39, 0.29) is 31.8 Å². The minimum atomic E-state index is 0. The molecule has 0 aliphatic rings. The van der Waals surface area contributed by atoms with Crippen LogP contribution in [0, 0.1) is 107 Å². The van der Waals surface area contributed by atoms with Gasteiger partial charge in [-0.05, 0) is 68.1 Å². The smallest absolute Gasteiger partial charge is 0.124 e. The SMILES string of the molecule is C#CC#CC#CC#CC#CC#CC#CC#CC#COCCOCCOCCOCCOCCOCCOCCOCCOCCOCCOC(C)C.CC=O.CO.[HH].[HH].[HH].[HH].[HH].[HH].[HH].[HH].[HH].[HH].[HH].[HH].[HH].[HH].[HH].[HH].[HH].[HH]. The van der Waals surface area contributed by atoms with Gasteiger partial charge in [0, 0.05) is 80.2 Å². The number of hydrogen-bond acceptors (Lipinski definition) is 13. The number of hydrogen-bond donors (Lipinski definition) is 1. The van der Waals surface area contributed by atoms with Gasteiger partial charge in [-0.2, -0.15) is 0 Å². The van der Waals surface area contributed by atoms with E-state index in [4.69, 9.17) is 68.4 Å². The van der Waals surface area contributed by atoms with Crippen LogP contribution in [0.3, 0.4) is 0 Å². The van der Waals surface area contributed by atoms with Gasteiger partial charge in [0.15, 0.2) is 0 Å². The molecule has 0 aliphatic heterocycles. The molecule has 346 valence electrons. The highest BCUT2D eigenvalue weighted by Crippen LogP contribution is 1.89. The van der Waals surface area contributed by atoms with E-state index in [0.29, 0.717) is 132 Å². The Morgan fingerprint density at radius 2 is 0.632 bits per heavy atom. The molecular weight excluding hydrogens is 736 g/mol. The Labute approximate surface area is 367 Å². The molecule has 13 heteroatoms. The van der Waals surface area contributed by atoms with Crippen LogP contribution >= 0.6 is 0 Å². The van der Waals surface area contributed by atoms with Crippen molar-refractivity contribution < 1.29 is 87.7 Å². The average Bonchev–Trinajstić information content (AvgIpc) is 3.21. The summed E-state index contributed by atoms with van der Waals surface area (Å²) < 4.78 is 59.5. The molecule has 0 fully saturated rings. The van der Waals surface area contributed by atoms with E-state index in [1.54, 1.807) is 0 Å². The molecule has 0 aromatic carbocycles. The van der Waals surface area contributed by atoms with Gasteiger partial charge in [-0.15, -0.1) is 6.42 Å². The summed E-state index contributed by atoms with van der Waals surface area (Å²) in [5, 5.41) is 7.00. The highest BCUT2D eigenvalue weighted by Gasteiger charge is 1.96. The number of aldehydes is 1. The van der Waals surface area contributed by atoms with Crippen LogP contribution in [0.4, 0.5) is 0 Å². The Bertz CT molecular complexity index is 1550. The number of rotatable bonds is 31. The molecule has 57 heavy (non-hydrogen) atoms. The molecule has 0 unspecified atom stereocenters. The Balaban J connectivity index is -0.0000000642. The van der Waals surface area contributed by atoms with Crippen molar-refractivity contribution in [1.29, 1.82) is 0 Å². The number of ether oxygens (including phenoxy) is 11. The van der Waals surface area contributed by atoms with Crippen LogP contribution in [0.15, 0.2) is 0 Å². The maximum atomic E-state index is 8.81. The van der Waals surface area contributed by atoms with Crippen molar-refractivity contribution in [3.63, 3.8) is 0 Å². The molecule has 0 amide bonds. The van der Waals surface area contributed by atoms with Gasteiger partial charge in [0.2, 0.25) is 0 Å². The molecule has 0 bridgehead atoms. The maximum absolute atomic E-state index is 8.81. The van der Waals surface area contributed by atoms with Crippen molar-refractivity contribution in [3.8, 4) is 107 Å². The normalized spacial score (nSPS) is 8.58. The summed E-state index contributed by atoms with van der Waals surface area (Å²) in [6.07, 6.45) is 8.37. The van der Waals surface area contributed by atoms with E-state index in [1.165, 1.54) is 6.92 Å². The highest BCUT2D eigenvalue weighted by molar-refractivity contribution is 5.46. The van der Waals surface area contributed by atoms with Crippen molar-refractivity contribution in [3.05, 3.63) is 0 Å². The number of aliphatic hydroxyl groups excluding tert-OH is 1. The van der Waals surface area contributed by atoms with E-state index in [0.717, 1.165) is 13.4 Å². The molecular formula is C44H92O13. The van der Waals surface area contributed by atoms with Crippen molar-refractivity contribution in [2.45, 2.75) is 26.9 Å². The fraction of sp³-hybridized carbons (Fsp3) is 0.568. The highest BCUT2D eigenvalue weighted by atomic mass is 16.6. The molecule has 0 radical (unpaired) electrons. The lowest BCUT2D eigenvalue weighted by Gasteiger charge is -2.09. The second-order valence-electron chi connectivity index (χ2n) is 9.64. The number of terminal acetylenes is 1. The lowest BCUT2D eigenvalue weighted by molar-refractivity contribution is -0.106. The fourth-order valence-corrected chi connectivity index (χ4v) is 2.86. The molecule has 13 nitrogen and oxygen atoms in total. The first-order valence-electron chi connectivity index (χ1n) is 17.9. The summed E-state index contributed by atoms with van der Waals surface area (Å²) in [4.78, 5) is 8.81. The van der Waals surface area contributed by atoms with Gasteiger partial charge in [-0.3, -0.25) is 0 Å². The molecule has 0 rings (SSSR count). The first-order valence-corrected chi connectivity index (χ1v) is 17.9. The molecule has 0 saturated carbocycles. The van der Waals surface area contributed by atoms with Crippen LogP contribution in [-0.2, 0) is 56.9 Å². The average molecular weight is 829 g/mol. The van der Waals surface area contributed by atoms with Crippen molar-refractivity contribution in [2.75, 3.05) is 139 Å². The molecule has 0 aromatic heterocycles. The van der Waals surface area contributed by atoms with Gasteiger partial charge in [0.25, 0.3) is 0 Å². The zero-order valence-electron chi connectivity index (χ0n) is 33.7. The summed E-state index contributed by atoms with van der Waals surface area (Å²) >= 11 is 0. The van der Waals surface area contributed by atoms with Crippen LogP contribution in [0.2, 0.25) is 0 Å². The minimum Gasteiger partial charge on any atom is -0.443 e. The second-order valence-corrected chi connectivity index (χ2v) is 9.64. The van der Waals surface area contributed by atoms with E-state index >= 15 is 0 Å². The lowest BCUT2D eigenvalue weighted by atomic mass is 10.5. The summed E-state index contributed by atoms with van der Waals surface area (Å²) in [5.41, 5.74) is 0. The van der Waals surface area contributed by atoms with Crippen LogP contribution in [-0.4, -0.2) is 157 Å². The zero-order valence-corrected chi connectivity index (χ0v) is 33.7. The third-order valence-electron chi connectivity index (χ3n) is 5.06. The fourth-order valence-electron chi connectivity index (χ4n) is 2.86. The van der Waals surface area contributed by atoms with E-state index in [1.807, 2.05) is 13.8 Å². The van der Waals surface area contributed by atoms with Crippen LogP contribution in [0.5, 0.6) is 0 Å². The molecule has 0 spiro atoms. The van der Waals surface area contributed by atoms with Crippen molar-refractivity contribution >= 4 is 6.29 Å². The summed E-state index contributed by atoms with van der Waals surface area (Å²) in [6, 6.07) is 0. The molecule has 0 heterocycles. The maximum Gasteiger partial charge on any atom is 0.124 e. The van der Waals surface area contributed by atoms with Crippen molar-refractivity contribution in [2.24, 2.45) is 0 Å². The summed E-state index contributed by atoms with van der Waals surface area (Å²) in [6.45, 7) is 15.2. The first-order chi connectivity index (χ1) is 28.2. The Morgan fingerprint density at radius 1 is 0.421 bits per heavy atom. The van der Waals surface area contributed by atoms with Gasteiger partial charge < -0.3 is 62.0 Å². The largest absolute Gasteiger partial charge is 0.443 e. The predicted molar refractivity (Wildman–Crippen MR) is 253 cm³/mol. The topological polar surface area (TPSA) is 139 Å². The van der Waals surface area contributed by atoms with Crippen LogP contribution in [0.1, 0.15) is 46.5 Å². The third kappa shape index (κ3) is 63.3.